The van der Waals surface area contributed by atoms with E-state index in [4.69, 9.17) is 19.7 Å². The van der Waals surface area contributed by atoms with Crippen molar-refractivity contribution in [3.63, 3.8) is 0 Å². The minimum absolute atomic E-state index is 0.00320. The molecule has 0 spiro atoms. The number of amides is 1. The molecule has 1 N–H and O–H groups in total. The zero-order chi connectivity index (χ0) is 36.5. The van der Waals surface area contributed by atoms with Crippen molar-refractivity contribution in [1.82, 2.24) is 19.0 Å². The number of ether oxygens (including phenoxy) is 3. The number of halogens is 1. The smallest absolute Gasteiger partial charge is 0.410 e. The second kappa shape index (κ2) is 14.4. The summed E-state index contributed by atoms with van der Waals surface area (Å²) in [5.74, 6) is -1.61. The number of nitrogens with one attached hydrogen (secondary N) is 1. The third-order valence-electron chi connectivity index (χ3n) is 9.58. The van der Waals surface area contributed by atoms with Crippen LogP contribution in [0.15, 0.2) is 74.4 Å². The maximum absolute atomic E-state index is 15.7. The maximum atomic E-state index is 15.7. The molecule has 3 atom stereocenters. The van der Waals surface area contributed by atoms with Gasteiger partial charge in [0.15, 0.2) is 0 Å². The van der Waals surface area contributed by atoms with E-state index in [9.17, 15) is 24.0 Å². The zero-order valence-electron chi connectivity index (χ0n) is 28.1. The Morgan fingerprint density at radius 3 is 2.50 bits per heavy atom. The van der Waals surface area contributed by atoms with Crippen LogP contribution in [-0.4, -0.2) is 76.0 Å². The number of aryl methyl sites for hydroxylation is 1. The average molecular weight is 715 g/mol. The molecule has 2 aliphatic heterocycles. The highest BCUT2D eigenvalue weighted by atomic mass is 19.1. The third-order valence-corrected chi connectivity index (χ3v) is 9.58. The van der Waals surface area contributed by atoms with Gasteiger partial charge in [0.2, 0.25) is 5.43 Å². The van der Waals surface area contributed by atoms with Crippen LogP contribution in [0.4, 0.5) is 14.9 Å². The van der Waals surface area contributed by atoms with Gasteiger partial charge in [-0.2, -0.15) is 0 Å². The van der Waals surface area contributed by atoms with Crippen LogP contribution in [-0.2, 0) is 20.8 Å². The topological polar surface area (TPSA) is 194 Å². The molecule has 0 bridgehead atoms. The minimum Gasteiger partial charge on any atom is -0.459 e. The Labute approximate surface area is 294 Å². The summed E-state index contributed by atoms with van der Waals surface area (Å²) in [6.07, 6.45) is 2.12. The largest absolute Gasteiger partial charge is 0.459 e. The molecule has 3 fully saturated rings. The summed E-state index contributed by atoms with van der Waals surface area (Å²) < 4.78 is 35.6. The lowest BCUT2D eigenvalue weighted by Gasteiger charge is -2.35. The van der Waals surface area contributed by atoms with Crippen LogP contribution >= 0.6 is 0 Å². The molecule has 1 aliphatic carbocycles. The van der Waals surface area contributed by atoms with Crippen LogP contribution in [0.1, 0.15) is 53.0 Å². The predicted molar refractivity (Wildman–Crippen MR) is 185 cm³/mol. The monoisotopic (exact) mass is 714 g/mol. The molecule has 17 heteroatoms. The average Bonchev–Trinajstić information content (AvgIpc) is 3.92. The normalized spacial score (nSPS) is 20.1. The van der Waals surface area contributed by atoms with Crippen LogP contribution in [0, 0.1) is 12.7 Å². The fourth-order valence-electron chi connectivity index (χ4n) is 6.60. The number of benzene rings is 2. The van der Waals surface area contributed by atoms with Crippen molar-refractivity contribution < 1.29 is 28.2 Å². The van der Waals surface area contributed by atoms with Crippen molar-refractivity contribution in [3.8, 4) is 0 Å². The number of hydrogen-bond acceptors (Lipinski definition) is 10. The number of carbonyl (C=O) groups is 2. The molecule has 1 amide bonds. The van der Waals surface area contributed by atoms with Gasteiger partial charge < -0.3 is 28.6 Å². The summed E-state index contributed by atoms with van der Waals surface area (Å²) in [6.45, 7) is 2.59. The van der Waals surface area contributed by atoms with Gasteiger partial charge >= 0.3 is 17.8 Å². The number of carbonyl (C=O) groups excluding carboxylic acids is 2. The lowest BCUT2D eigenvalue weighted by atomic mass is 10.1. The Morgan fingerprint density at radius 2 is 1.79 bits per heavy atom. The maximum Gasteiger partial charge on any atom is 0.410 e. The summed E-state index contributed by atoms with van der Waals surface area (Å²) in [5, 5.41) is 3.75. The lowest BCUT2D eigenvalue weighted by molar-refractivity contribution is -0.0363. The highest BCUT2D eigenvalue weighted by Gasteiger charge is 2.38. The standard InChI is InChI=1S/C35H35FN8O8/c1-20-16-44(34(48)38-32(20)46)30-14-26(39-40-37)29(52-30)19-50-33(47)24-17-43(22-7-8-22)27-15-28(25(36)13-23(27)31(24)45)41-9-11-42(12-10-41)35(49)51-18-21-5-3-2-4-6-21/h2-6,13,15-17,22,26,29-30H,7-12,14,18-19H2,1H3,(H,38,46,48)/t26-,29+,30+/m0/s1. The second-order valence-electron chi connectivity index (χ2n) is 13.1. The van der Waals surface area contributed by atoms with Crippen molar-refractivity contribution in [3.05, 3.63) is 119 Å². The molecular formula is C35H35FN8O8. The van der Waals surface area contributed by atoms with Gasteiger partial charge in [-0.3, -0.25) is 19.1 Å². The van der Waals surface area contributed by atoms with E-state index in [1.165, 1.54) is 23.9 Å². The highest BCUT2D eigenvalue weighted by Crippen LogP contribution is 2.38. The number of piperazine rings is 1. The highest BCUT2D eigenvalue weighted by molar-refractivity contribution is 5.94. The second-order valence-corrected chi connectivity index (χ2v) is 13.1. The molecule has 4 aromatic rings. The Balaban J connectivity index is 1.06. The molecule has 0 unspecified atom stereocenters. The molecule has 2 aromatic carbocycles. The van der Waals surface area contributed by atoms with E-state index in [1.807, 2.05) is 35.2 Å². The molecule has 270 valence electrons. The Hall–Kier alpha value is -5.93. The summed E-state index contributed by atoms with van der Waals surface area (Å²) in [4.78, 5) is 72.4. The predicted octanol–water partition coefficient (Wildman–Crippen LogP) is 3.92. The molecule has 0 radical (unpaired) electrons. The molecule has 4 heterocycles. The summed E-state index contributed by atoms with van der Waals surface area (Å²) in [7, 11) is 0. The van der Waals surface area contributed by atoms with Crippen molar-refractivity contribution in [2.45, 2.75) is 57.2 Å². The first-order valence-corrected chi connectivity index (χ1v) is 16.9. The molecule has 7 rings (SSSR count). The van der Waals surface area contributed by atoms with Crippen molar-refractivity contribution in [1.29, 1.82) is 0 Å². The van der Waals surface area contributed by atoms with E-state index in [2.05, 4.69) is 15.0 Å². The molecular weight excluding hydrogens is 679 g/mol. The zero-order valence-corrected chi connectivity index (χ0v) is 28.1. The van der Waals surface area contributed by atoms with E-state index in [0.29, 0.717) is 31.7 Å². The fourth-order valence-corrected chi connectivity index (χ4v) is 6.60. The fraction of sp³-hybridized carbons (Fsp3) is 0.400. The van der Waals surface area contributed by atoms with E-state index in [0.717, 1.165) is 24.5 Å². The summed E-state index contributed by atoms with van der Waals surface area (Å²) in [6, 6.07) is 11.3. The van der Waals surface area contributed by atoms with Crippen LogP contribution < -0.4 is 21.6 Å². The van der Waals surface area contributed by atoms with Crippen molar-refractivity contribution in [2.24, 2.45) is 5.11 Å². The first-order valence-electron chi connectivity index (χ1n) is 16.9. The number of pyridine rings is 1. The summed E-state index contributed by atoms with van der Waals surface area (Å²) >= 11 is 0. The van der Waals surface area contributed by atoms with Crippen LogP contribution in [0.2, 0.25) is 0 Å². The molecule has 16 nitrogen and oxygen atoms in total. The van der Waals surface area contributed by atoms with Gasteiger partial charge in [-0.15, -0.1) is 0 Å². The van der Waals surface area contributed by atoms with Gasteiger partial charge in [0.1, 0.15) is 36.9 Å². The Kier molecular flexibility index (Phi) is 9.53. The number of H-pyrrole nitrogens is 1. The first-order chi connectivity index (χ1) is 25.1. The number of esters is 1. The van der Waals surface area contributed by atoms with Gasteiger partial charge in [-0.05, 0) is 43.0 Å². The number of hydrogen-bond donors (Lipinski definition) is 1. The van der Waals surface area contributed by atoms with Crippen LogP contribution in [0.25, 0.3) is 21.3 Å². The number of rotatable bonds is 9. The number of azide groups is 1. The van der Waals surface area contributed by atoms with Gasteiger partial charge in [0.05, 0.1) is 17.2 Å². The molecule has 2 saturated heterocycles. The van der Waals surface area contributed by atoms with Crippen molar-refractivity contribution >= 4 is 28.7 Å². The number of aromatic nitrogens is 3. The number of nitrogens with zero attached hydrogens (tertiary/aromatic N) is 7. The molecule has 2 aromatic heterocycles. The molecule has 52 heavy (non-hydrogen) atoms. The number of fused-ring (bicyclic) bond motifs is 1. The number of anilines is 1. The van der Waals surface area contributed by atoms with Gasteiger partial charge in [-0.25, -0.2) is 18.8 Å². The minimum atomic E-state index is -0.968. The van der Waals surface area contributed by atoms with Crippen molar-refractivity contribution in [2.75, 3.05) is 37.7 Å². The van der Waals surface area contributed by atoms with Gasteiger partial charge in [-0.1, -0.05) is 35.4 Å². The van der Waals surface area contributed by atoms with E-state index in [1.54, 1.807) is 15.5 Å². The summed E-state index contributed by atoms with van der Waals surface area (Å²) in [5.41, 5.74) is 8.74. The quantitative estimate of drug-likeness (QED) is 0.116. The van der Waals surface area contributed by atoms with Crippen LogP contribution in [0.3, 0.4) is 0 Å². The number of aromatic amines is 1. The SMILES string of the molecule is Cc1cn([C@H]2C[C@H](N=[N+]=[N-])[C@@H](COC(=O)c3cn(C4CC4)c4cc(N5CCN(C(=O)OCc6ccccc6)CC5)c(F)cc4c3=O)O2)c(=O)[nH]c1=O. The first kappa shape index (κ1) is 34.5. The van der Waals surface area contributed by atoms with Gasteiger partial charge in [0, 0.05) is 66.9 Å². The van der Waals surface area contributed by atoms with Gasteiger partial charge in [0.25, 0.3) is 5.56 Å². The van der Waals surface area contributed by atoms with E-state index in [-0.39, 0.29) is 41.3 Å². The lowest BCUT2D eigenvalue weighted by Crippen LogP contribution is -2.49. The van der Waals surface area contributed by atoms with E-state index < -0.39 is 59.5 Å². The van der Waals surface area contributed by atoms with E-state index >= 15 is 4.39 Å². The Morgan fingerprint density at radius 1 is 1.04 bits per heavy atom. The molecule has 3 aliphatic rings. The van der Waals surface area contributed by atoms with Crippen LogP contribution in [0.5, 0.6) is 0 Å². The Bertz CT molecular complexity index is 2260. The molecule has 1 saturated carbocycles. The third kappa shape index (κ3) is 7.00.